The summed E-state index contributed by atoms with van der Waals surface area (Å²) in [5, 5.41) is 3.18. The van der Waals surface area contributed by atoms with E-state index in [1.54, 1.807) is 0 Å². The SMILES string of the molecule is CC(CN)NC1CCS(=O)(=O)C1. The van der Waals surface area contributed by atoms with Gasteiger partial charge in [-0.15, -0.1) is 0 Å². The van der Waals surface area contributed by atoms with E-state index in [9.17, 15) is 8.42 Å². The maximum atomic E-state index is 11.0. The molecule has 72 valence electrons. The molecule has 1 aliphatic rings. The minimum absolute atomic E-state index is 0.119. The molecule has 2 atom stereocenters. The molecule has 1 heterocycles. The van der Waals surface area contributed by atoms with Gasteiger partial charge in [0.15, 0.2) is 9.84 Å². The van der Waals surface area contributed by atoms with Crippen molar-refractivity contribution in [1.82, 2.24) is 5.32 Å². The molecule has 5 heteroatoms. The maximum absolute atomic E-state index is 11.0. The summed E-state index contributed by atoms with van der Waals surface area (Å²) in [6, 6.07) is 0.330. The Kier molecular flexibility index (Phi) is 3.09. The Morgan fingerprint density at radius 1 is 1.67 bits per heavy atom. The lowest BCUT2D eigenvalue weighted by Crippen LogP contribution is -2.41. The molecule has 0 saturated carbocycles. The fourth-order valence-electron chi connectivity index (χ4n) is 1.40. The smallest absolute Gasteiger partial charge is 0.151 e. The van der Waals surface area contributed by atoms with Gasteiger partial charge in [-0.3, -0.25) is 0 Å². The van der Waals surface area contributed by atoms with Crippen LogP contribution in [-0.4, -0.2) is 38.6 Å². The average Bonchev–Trinajstić information content (AvgIpc) is 2.30. The average molecular weight is 192 g/mol. The number of rotatable bonds is 3. The second-order valence-corrected chi connectivity index (χ2v) is 5.63. The molecular formula is C7H16N2O2S. The third-order valence-electron chi connectivity index (χ3n) is 2.11. The van der Waals surface area contributed by atoms with E-state index >= 15 is 0 Å². The molecule has 0 bridgehead atoms. The molecule has 2 unspecified atom stereocenters. The Hall–Kier alpha value is -0.130. The van der Waals surface area contributed by atoms with Crippen LogP contribution in [0.3, 0.4) is 0 Å². The van der Waals surface area contributed by atoms with Gasteiger partial charge in [-0.25, -0.2) is 8.42 Å². The number of nitrogens with one attached hydrogen (secondary N) is 1. The van der Waals surface area contributed by atoms with Crippen molar-refractivity contribution in [2.45, 2.75) is 25.4 Å². The van der Waals surface area contributed by atoms with Crippen LogP contribution in [0.25, 0.3) is 0 Å². The zero-order chi connectivity index (χ0) is 9.19. The van der Waals surface area contributed by atoms with Gasteiger partial charge in [0.1, 0.15) is 0 Å². The third kappa shape index (κ3) is 2.73. The Morgan fingerprint density at radius 2 is 2.33 bits per heavy atom. The van der Waals surface area contributed by atoms with E-state index < -0.39 is 9.84 Å². The summed E-state index contributed by atoms with van der Waals surface area (Å²) in [4.78, 5) is 0. The van der Waals surface area contributed by atoms with Crippen LogP contribution in [0.4, 0.5) is 0 Å². The molecule has 1 saturated heterocycles. The first-order chi connectivity index (χ1) is 5.53. The Morgan fingerprint density at radius 3 is 2.75 bits per heavy atom. The van der Waals surface area contributed by atoms with E-state index in [2.05, 4.69) is 5.32 Å². The zero-order valence-electron chi connectivity index (χ0n) is 7.29. The van der Waals surface area contributed by atoms with Crippen LogP contribution in [0, 0.1) is 0 Å². The van der Waals surface area contributed by atoms with Crippen LogP contribution < -0.4 is 11.1 Å². The van der Waals surface area contributed by atoms with E-state index in [1.165, 1.54) is 0 Å². The van der Waals surface area contributed by atoms with Crippen LogP contribution in [0.15, 0.2) is 0 Å². The lowest BCUT2D eigenvalue weighted by Gasteiger charge is -2.15. The van der Waals surface area contributed by atoms with Crippen LogP contribution >= 0.6 is 0 Å². The van der Waals surface area contributed by atoms with Crippen molar-refractivity contribution in [3.8, 4) is 0 Å². The van der Waals surface area contributed by atoms with E-state index in [1.807, 2.05) is 6.92 Å². The van der Waals surface area contributed by atoms with E-state index in [0.717, 1.165) is 6.42 Å². The molecule has 1 fully saturated rings. The van der Waals surface area contributed by atoms with Crippen molar-refractivity contribution in [3.63, 3.8) is 0 Å². The topological polar surface area (TPSA) is 72.2 Å². The molecule has 0 radical (unpaired) electrons. The van der Waals surface area contributed by atoms with Gasteiger partial charge in [-0.2, -0.15) is 0 Å². The molecule has 0 aromatic heterocycles. The highest BCUT2D eigenvalue weighted by atomic mass is 32.2. The monoisotopic (exact) mass is 192 g/mol. The van der Waals surface area contributed by atoms with Crippen molar-refractivity contribution >= 4 is 9.84 Å². The van der Waals surface area contributed by atoms with Crippen molar-refractivity contribution < 1.29 is 8.42 Å². The normalized spacial score (nSPS) is 30.3. The van der Waals surface area contributed by atoms with Crippen molar-refractivity contribution in [1.29, 1.82) is 0 Å². The molecule has 0 aromatic carbocycles. The van der Waals surface area contributed by atoms with Crippen LogP contribution in [-0.2, 0) is 9.84 Å². The molecule has 0 amide bonds. The van der Waals surface area contributed by atoms with Gasteiger partial charge in [-0.1, -0.05) is 0 Å². The van der Waals surface area contributed by atoms with Crippen molar-refractivity contribution in [3.05, 3.63) is 0 Å². The molecule has 4 nitrogen and oxygen atoms in total. The molecule has 0 aliphatic carbocycles. The lowest BCUT2D eigenvalue weighted by atomic mass is 10.2. The fourth-order valence-corrected chi connectivity index (χ4v) is 3.08. The van der Waals surface area contributed by atoms with Gasteiger partial charge >= 0.3 is 0 Å². The Balaban J connectivity index is 2.38. The van der Waals surface area contributed by atoms with Gasteiger partial charge in [0.05, 0.1) is 11.5 Å². The summed E-state index contributed by atoms with van der Waals surface area (Å²) in [5.74, 6) is 0.597. The molecule has 0 spiro atoms. The predicted octanol–water partition coefficient (Wildman–Crippen LogP) is -0.890. The zero-order valence-corrected chi connectivity index (χ0v) is 8.10. The molecular weight excluding hydrogens is 176 g/mol. The fraction of sp³-hybridized carbons (Fsp3) is 1.00. The van der Waals surface area contributed by atoms with Gasteiger partial charge in [0.2, 0.25) is 0 Å². The highest BCUT2D eigenvalue weighted by Gasteiger charge is 2.27. The van der Waals surface area contributed by atoms with Crippen LogP contribution in [0.1, 0.15) is 13.3 Å². The summed E-state index contributed by atoms with van der Waals surface area (Å²) in [7, 11) is -2.75. The standard InChI is InChI=1S/C7H16N2O2S/c1-6(4-8)9-7-2-3-12(10,11)5-7/h6-7,9H,2-5,8H2,1H3. The van der Waals surface area contributed by atoms with Gasteiger partial charge in [0.25, 0.3) is 0 Å². The van der Waals surface area contributed by atoms with Crippen molar-refractivity contribution in [2.75, 3.05) is 18.1 Å². The highest BCUT2D eigenvalue weighted by Crippen LogP contribution is 2.11. The summed E-state index contributed by atoms with van der Waals surface area (Å²) in [6.07, 6.45) is 0.729. The van der Waals surface area contributed by atoms with Crippen LogP contribution in [0.5, 0.6) is 0 Å². The molecule has 0 aromatic rings. The second kappa shape index (κ2) is 3.72. The minimum Gasteiger partial charge on any atom is -0.329 e. The summed E-state index contributed by atoms with van der Waals surface area (Å²) in [5.41, 5.74) is 5.41. The largest absolute Gasteiger partial charge is 0.329 e. The lowest BCUT2D eigenvalue weighted by molar-refractivity contribution is 0.477. The third-order valence-corrected chi connectivity index (χ3v) is 3.87. The quantitative estimate of drug-likeness (QED) is 0.608. The van der Waals surface area contributed by atoms with Gasteiger partial charge in [0, 0.05) is 18.6 Å². The van der Waals surface area contributed by atoms with Gasteiger partial charge < -0.3 is 11.1 Å². The number of hydrogen-bond donors (Lipinski definition) is 2. The summed E-state index contributed by atoms with van der Waals surface area (Å²) < 4.78 is 22.1. The number of sulfone groups is 1. The van der Waals surface area contributed by atoms with Crippen LogP contribution in [0.2, 0.25) is 0 Å². The molecule has 3 N–H and O–H groups in total. The first-order valence-electron chi connectivity index (χ1n) is 4.20. The maximum Gasteiger partial charge on any atom is 0.151 e. The van der Waals surface area contributed by atoms with E-state index in [4.69, 9.17) is 5.73 Å². The Bertz CT molecular complexity index is 238. The number of hydrogen-bond acceptors (Lipinski definition) is 4. The van der Waals surface area contributed by atoms with E-state index in [-0.39, 0.29) is 17.8 Å². The minimum atomic E-state index is -2.75. The second-order valence-electron chi connectivity index (χ2n) is 3.40. The first kappa shape index (κ1) is 9.95. The van der Waals surface area contributed by atoms with Gasteiger partial charge in [-0.05, 0) is 13.3 Å². The summed E-state index contributed by atoms with van der Waals surface area (Å²) >= 11 is 0. The summed E-state index contributed by atoms with van der Waals surface area (Å²) in [6.45, 7) is 2.52. The molecule has 1 rings (SSSR count). The predicted molar refractivity (Wildman–Crippen MR) is 48.7 cm³/mol. The molecule has 12 heavy (non-hydrogen) atoms. The Labute approximate surface area is 73.4 Å². The number of nitrogens with two attached hydrogens (primary N) is 1. The molecule has 1 aliphatic heterocycles. The van der Waals surface area contributed by atoms with Crippen molar-refractivity contribution in [2.24, 2.45) is 5.73 Å². The first-order valence-corrected chi connectivity index (χ1v) is 6.02. The van der Waals surface area contributed by atoms with E-state index in [0.29, 0.717) is 12.3 Å². The highest BCUT2D eigenvalue weighted by molar-refractivity contribution is 7.91.